The standard InChI is InChI=1S/C26H23ClFN5O5S/c1-11-20(23-18(7-29-11)39-10-30-23)12-4-14(5-12)31-26(37)38-9-13-6-16(27)15-8-33(25(36)21(15)22(13)28)17-2-3-19(34)32-24(17)35/h6-7,10,12,14,17H,2-5,8-9H2,1H3,(H,31,37)(H,32,34,35). The molecule has 4 amide bonds. The summed E-state index contributed by atoms with van der Waals surface area (Å²) in [4.78, 5) is 59.4. The maximum absolute atomic E-state index is 15.4. The van der Waals surface area contributed by atoms with Gasteiger partial charge in [0, 0.05) is 52.6 Å². The number of halogens is 2. The highest BCUT2D eigenvalue weighted by Crippen LogP contribution is 2.41. The van der Waals surface area contributed by atoms with Crippen molar-refractivity contribution in [3.63, 3.8) is 0 Å². The van der Waals surface area contributed by atoms with Gasteiger partial charge in [-0.05, 0) is 38.2 Å². The third-order valence-corrected chi connectivity index (χ3v) is 8.72. The minimum absolute atomic E-state index is 0.0456. The van der Waals surface area contributed by atoms with E-state index in [-0.39, 0.29) is 53.1 Å². The van der Waals surface area contributed by atoms with Gasteiger partial charge >= 0.3 is 6.09 Å². The van der Waals surface area contributed by atoms with Crippen molar-refractivity contribution in [2.75, 3.05) is 0 Å². The predicted octanol–water partition coefficient (Wildman–Crippen LogP) is 3.73. The number of ether oxygens (including phenoxy) is 1. The number of alkyl carbamates (subject to hydrolysis) is 1. The predicted molar refractivity (Wildman–Crippen MR) is 139 cm³/mol. The van der Waals surface area contributed by atoms with Gasteiger partial charge in [-0.2, -0.15) is 0 Å². The molecule has 1 aliphatic carbocycles. The molecule has 4 heterocycles. The van der Waals surface area contributed by atoms with Gasteiger partial charge in [-0.15, -0.1) is 11.3 Å². The number of rotatable bonds is 5. The number of hydrogen-bond acceptors (Lipinski definition) is 8. The van der Waals surface area contributed by atoms with Crippen molar-refractivity contribution in [2.45, 2.75) is 63.8 Å². The average Bonchev–Trinajstić information content (AvgIpc) is 3.48. The molecule has 39 heavy (non-hydrogen) atoms. The largest absolute Gasteiger partial charge is 0.445 e. The van der Waals surface area contributed by atoms with E-state index < -0.39 is 42.3 Å². The molecule has 1 saturated carbocycles. The highest BCUT2D eigenvalue weighted by atomic mass is 35.5. The molecular weight excluding hydrogens is 549 g/mol. The number of aromatic nitrogens is 2. The van der Waals surface area contributed by atoms with Crippen molar-refractivity contribution in [1.29, 1.82) is 0 Å². The zero-order valence-corrected chi connectivity index (χ0v) is 22.3. The average molecular weight is 572 g/mol. The van der Waals surface area contributed by atoms with Crippen LogP contribution < -0.4 is 10.6 Å². The number of amides is 4. The molecule has 0 spiro atoms. The summed E-state index contributed by atoms with van der Waals surface area (Å²) in [5, 5.41) is 5.14. The lowest BCUT2D eigenvalue weighted by molar-refractivity contribution is -0.136. The van der Waals surface area contributed by atoms with E-state index in [9.17, 15) is 19.2 Å². The second kappa shape index (κ2) is 9.83. The Balaban J connectivity index is 1.08. The maximum atomic E-state index is 15.4. The van der Waals surface area contributed by atoms with Crippen LogP contribution in [0.4, 0.5) is 9.18 Å². The van der Waals surface area contributed by atoms with Crippen molar-refractivity contribution in [3.8, 4) is 0 Å². The number of benzene rings is 1. The molecule has 1 aromatic carbocycles. The molecule has 3 aliphatic rings. The fourth-order valence-corrected chi connectivity index (χ4v) is 6.52. The van der Waals surface area contributed by atoms with Gasteiger partial charge in [0.1, 0.15) is 18.5 Å². The Morgan fingerprint density at radius 2 is 2.10 bits per heavy atom. The maximum Gasteiger partial charge on any atom is 0.407 e. The third-order valence-electron chi connectivity index (χ3n) is 7.62. The summed E-state index contributed by atoms with van der Waals surface area (Å²) in [6, 6.07) is 0.332. The van der Waals surface area contributed by atoms with Crippen LogP contribution in [0.5, 0.6) is 0 Å². The van der Waals surface area contributed by atoms with Crippen LogP contribution in [0.25, 0.3) is 10.2 Å². The molecule has 6 rings (SSSR count). The first-order chi connectivity index (χ1) is 18.7. The number of pyridine rings is 1. The van der Waals surface area contributed by atoms with Gasteiger partial charge in [-0.1, -0.05) is 11.6 Å². The molecular formula is C26H23ClFN5O5S. The molecule has 13 heteroatoms. The number of nitrogens with zero attached hydrogens (tertiary/aromatic N) is 3. The summed E-state index contributed by atoms with van der Waals surface area (Å²) < 4.78 is 21.7. The van der Waals surface area contributed by atoms with Crippen molar-refractivity contribution >= 4 is 57.0 Å². The lowest BCUT2D eigenvalue weighted by Crippen LogP contribution is -2.52. The van der Waals surface area contributed by atoms with Crippen LogP contribution in [0.2, 0.25) is 5.02 Å². The first-order valence-corrected chi connectivity index (χ1v) is 13.7. The number of fused-ring (bicyclic) bond motifs is 2. The third kappa shape index (κ3) is 4.51. The molecule has 2 aliphatic heterocycles. The van der Waals surface area contributed by atoms with E-state index in [0.29, 0.717) is 12.8 Å². The molecule has 0 radical (unpaired) electrons. The Kier molecular flexibility index (Phi) is 6.46. The second-order valence-corrected chi connectivity index (χ2v) is 11.3. The number of aryl methyl sites for hydroxylation is 1. The van der Waals surface area contributed by atoms with Crippen LogP contribution in [0.3, 0.4) is 0 Å². The zero-order chi connectivity index (χ0) is 27.4. The van der Waals surface area contributed by atoms with E-state index >= 15 is 4.39 Å². The molecule has 2 fully saturated rings. The number of nitrogens with one attached hydrogen (secondary N) is 2. The number of hydrogen-bond donors (Lipinski definition) is 2. The Morgan fingerprint density at radius 1 is 1.31 bits per heavy atom. The highest BCUT2D eigenvalue weighted by molar-refractivity contribution is 7.16. The van der Waals surface area contributed by atoms with Crippen LogP contribution in [0.15, 0.2) is 17.8 Å². The molecule has 202 valence electrons. The Hall–Kier alpha value is -3.64. The Morgan fingerprint density at radius 3 is 2.87 bits per heavy atom. The first-order valence-electron chi connectivity index (χ1n) is 12.5. The topological polar surface area (TPSA) is 131 Å². The van der Waals surface area contributed by atoms with E-state index in [1.807, 2.05) is 13.1 Å². The molecule has 2 N–H and O–H groups in total. The van der Waals surface area contributed by atoms with Crippen LogP contribution in [0, 0.1) is 12.7 Å². The van der Waals surface area contributed by atoms with Gasteiger partial charge < -0.3 is 15.0 Å². The summed E-state index contributed by atoms with van der Waals surface area (Å²) >= 11 is 7.90. The van der Waals surface area contributed by atoms with Crippen molar-refractivity contribution in [3.05, 3.63) is 56.6 Å². The summed E-state index contributed by atoms with van der Waals surface area (Å²) in [5.41, 5.74) is 4.75. The first kappa shape index (κ1) is 25.6. The van der Waals surface area contributed by atoms with Crippen LogP contribution in [-0.2, 0) is 27.5 Å². The van der Waals surface area contributed by atoms with Gasteiger partial charge in [0.2, 0.25) is 11.8 Å². The Bertz CT molecular complexity index is 1560. The number of piperidine rings is 1. The second-order valence-electron chi connectivity index (χ2n) is 9.99. The van der Waals surface area contributed by atoms with Crippen LogP contribution >= 0.6 is 22.9 Å². The summed E-state index contributed by atoms with van der Waals surface area (Å²) in [7, 11) is 0. The van der Waals surface area contributed by atoms with Gasteiger partial charge in [-0.25, -0.2) is 14.2 Å². The van der Waals surface area contributed by atoms with E-state index in [2.05, 4.69) is 20.6 Å². The lowest BCUT2D eigenvalue weighted by atomic mass is 9.75. The number of carbonyl (C=O) groups excluding carboxylic acids is 4. The SMILES string of the molecule is Cc1ncc2scnc2c1C1CC(NC(=O)OCc2cc(Cl)c3c(c2F)C(=O)N(C2CCC(=O)NC2=O)C3)C1. The van der Waals surface area contributed by atoms with E-state index in [4.69, 9.17) is 16.3 Å². The van der Waals surface area contributed by atoms with E-state index in [1.165, 1.54) is 22.3 Å². The highest BCUT2D eigenvalue weighted by Gasteiger charge is 2.42. The fourth-order valence-electron chi connectivity index (χ4n) is 5.57. The number of thiazole rings is 1. The van der Waals surface area contributed by atoms with Gasteiger partial charge in [0.15, 0.2) is 0 Å². The van der Waals surface area contributed by atoms with Crippen LogP contribution in [0.1, 0.15) is 64.3 Å². The fraction of sp³-hybridized carbons (Fsp3) is 0.385. The summed E-state index contributed by atoms with van der Waals surface area (Å²) in [6.07, 6.45) is 2.77. The van der Waals surface area contributed by atoms with E-state index in [0.717, 1.165) is 21.5 Å². The smallest absolute Gasteiger partial charge is 0.407 e. The van der Waals surface area contributed by atoms with E-state index in [1.54, 1.807) is 5.51 Å². The monoisotopic (exact) mass is 571 g/mol. The number of imide groups is 1. The van der Waals surface area contributed by atoms with Crippen molar-refractivity contribution in [2.24, 2.45) is 0 Å². The normalized spacial score (nSPS) is 22.5. The molecule has 1 unspecified atom stereocenters. The zero-order valence-electron chi connectivity index (χ0n) is 20.8. The van der Waals surface area contributed by atoms with Crippen molar-refractivity contribution < 1.29 is 28.3 Å². The molecule has 10 nitrogen and oxygen atoms in total. The Labute approximate surface area is 230 Å². The molecule has 1 atom stereocenters. The molecule has 0 bridgehead atoms. The molecule has 3 aromatic rings. The minimum Gasteiger partial charge on any atom is -0.445 e. The van der Waals surface area contributed by atoms with Gasteiger partial charge in [0.25, 0.3) is 5.91 Å². The minimum atomic E-state index is -0.892. The van der Waals surface area contributed by atoms with Crippen LogP contribution in [-0.4, -0.2) is 50.8 Å². The molecule has 1 saturated heterocycles. The molecule has 2 aromatic heterocycles. The van der Waals surface area contributed by atoms with Crippen molar-refractivity contribution in [1.82, 2.24) is 25.5 Å². The summed E-state index contributed by atoms with van der Waals surface area (Å²) in [5.74, 6) is -2.32. The van der Waals surface area contributed by atoms with Gasteiger partial charge in [-0.3, -0.25) is 24.7 Å². The summed E-state index contributed by atoms with van der Waals surface area (Å²) in [6.45, 7) is 1.48. The van der Waals surface area contributed by atoms with Gasteiger partial charge in [0.05, 0.1) is 21.3 Å². The number of carbonyl (C=O) groups is 4. The quantitative estimate of drug-likeness (QED) is 0.446. The lowest BCUT2D eigenvalue weighted by Gasteiger charge is -2.36.